The smallest absolute Gasteiger partial charge is 0.330 e. The van der Waals surface area contributed by atoms with Gasteiger partial charge in [0.1, 0.15) is 71.4 Å². The van der Waals surface area contributed by atoms with Gasteiger partial charge in [0.05, 0.1) is 6.42 Å². The van der Waals surface area contributed by atoms with Crippen LogP contribution in [0, 0.1) is 0 Å². The summed E-state index contributed by atoms with van der Waals surface area (Å²) in [6.07, 6.45) is -6.37. The van der Waals surface area contributed by atoms with Gasteiger partial charge < -0.3 is 49.6 Å². The van der Waals surface area contributed by atoms with Gasteiger partial charge in [0, 0.05) is 18.2 Å². The van der Waals surface area contributed by atoms with Crippen molar-refractivity contribution in [1.29, 1.82) is 0 Å². The lowest BCUT2D eigenvalue weighted by Gasteiger charge is -2.40. The molecule has 12 nitrogen and oxygen atoms in total. The number of Topliss-reactive ketones (excluding diaryl/α,β-unsaturated/α-hetero) is 1. The van der Waals surface area contributed by atoms with Gasteiger partial charge in [-0.1, -0.05) is 24.3 Å². The Labute approximate surface area is 239 Å². The molecule has 0 aromatic heterocycles. The summed E-state index contributed by atoms with van der Waals surface area (Å²) in [5, 5.41) is 60.6. The van der Waals surface area contributed by atoms with Gasteiger partial charge in [-0.05, 0) is 41.5 Å². The van der Waals surface area contributed by atoms with E-state index in [1.807, 2.05) is 0 Å². The number of fused-ring (bicyclic) bond motifs is 1. The number of rotatable bonds is 7. The molecule has 0 saturated carbocycles. The number of carbonyl (C=O) groups is 2. The lowest BCUT2D eigenvalue weighted by molar-refractivity contribution is -0.278. The van der Waals surface area contributed by atoms with E-state index in [1.165, 1.54) is 36.4 Å². The zero-order valence-corrected chi connectivity index (χ0v) is 21.9. The van der Waals surface area contributed by atoms with Crippen LogP contribution in [0.25, 0.3) is 6.08 Å². The summed E-state index contributed by atoms with van der Waals surface area (Å²) in [7, 11) is 0. The van der Waals surface area contributed by atoms with E-state index in [-0.39, 0.29) is 40.7 Å². The summed E-state index contributed by atoms with van der Waals surface area (Å²) in [6, 6.07) is 14.5. The zero-order valence-electron chi connectivity index (χ0n) is 21.9. The molecule has 220 valence electrons. The van der Waals surface area contributed by atoms with Crippen molar-refractivity contribution in [3.63, 3.8) is 0 Å². The zero-order chi connectivity index (χ0) is 30.0. The Morgan fingerprint density at radius 3 is 2.24 bits per heavy atom. The average molecular weight is 581 g/mol. The van der Waals surface area contributed by atoms with Crippen LogP contribution in [0.2, 0.25) is 0 Å². The molecule has 2 aliphatic rings. The molecule has 0 amide bonds. The molecule has 5 rings (SSSR count). The van der Waals surface area contributed by atoms with Crippen LogP contribution in [-0.4, -0.2) is 79.7 Å². The number of aromatic hydroxyl groups is 3. The van der Waals surface area contributed by atoms with Crippen molar-refractivity contribution >= 4 is 17.8 Å². The summed E-state index contributed by atoms with van der Waals surface area (Å²) in [6.45, 7) is -0.516. The fraction of sp³-hybridized carbons (Fsp3) is 0.267. The first-order valence-electron chi connectivity index (χ1n) is 12.9. The van der Waals surface area contributed by atoms with Gasteiger partial charge in [0.15, 0.2) is 5.78 Å². The fourth-order valence-corrected chi connectivity index (χ4v) is 4.62. The molecule has 0 unspecified atom stereocenters. The molecule has 6 atom stereocenters. The summed E-state index contributed by atoms with van der Waals surface area (Å²) in [4.78, 5) is 25.4. The molecule has 3 aromatic carbocycles. The van der Waals surface area contributed by atoms with Crippen molar-refractivity contribution in [2.24, 2.45) is 0 Å². The van der Waals surface area contributed by atoms with Crippen molar-refractivity contribution in [1.82, 2.24) is 0 Å². The molecule has 0 radical (unpaired) electrons. The van der Waals surface area contributed by atoms with Crippen molar-refractivity contribution in [3.8, 4) is 28.7 Å². The van der Waals surface area contributed by atoms with Gasteiger partial charge >= 0.3 is 5.97 Å². The predicted molar refractivity (Wildman–Crippen MR) is 144 cm³/mol. The van der Waals surface area contributed by atoms with Crippen LogP contribution in [0.5, 0.6) is 28.7 Å². The second-order valence-electron chi connectivity index (χ2n) is 9.83. The first-order chi connectivity index (χ1) is 20.1. The Hall–Kier alpha value is -4.62. The van der Waals surface area contributed by atoms with Gasteiger partial charge in [-0.25, -0.2) is 4.79 Å². The second-order valence-corrected chi connectivity index (χ2v) is 9.83. The molecule has 12 heteroatoms. The van der Waals surface area contributed by atoms with Crippen LogP contribution in [0.4, 0.5) is 0 Å². The van der Waals surface area contributed by atoms with Crippen molar-refractivity contribution in [2.45, 2.75) is 43.2 Å². The van der Waals surface area contributed by atoms with Crippen LogP contribution >= 0.6 is 0 Å². The molecule has 2 aliphatic heterocycles. The Morgan fingerprint density at radius 2 is 1.55 bits per heavy atom. The van der Waals surface area contributed by atoms with Crippen LogP contribution in [0.1, 0.15) is 34.0 Å². The number of aliphatic hydroxyl groups is 3. The highest BCUT2D eigenvalue weighted by Crippen LogP contribution is 2.43. The molecule has 1 fully saturated rings. The molecule has 0 aliphatic carbocycles. The monoisotopic (exact) mass is 580 g/mol. The molecule has 0 spiro atoms. The Kier molecular flexibility index (Phi) is 8.31. The van der Waals surface area contributed by atoms with Crippen molar-refractivity contribution in [2.75, 3.05) is 6.61 Å². The highest BCUT2D eigenvalue weighted by atomic mass is 16.7. The molecular formula is C30H28O12. The molecule has 1 saturated heterocycles. The lowest BCUT2D eigenvalue weighted by Crippen LogP contribution is -2.60. The van der Waals surface area contributed by atoms with Crippen LogP contribution < -0.4 is 9.47 Å². The topological polar surface area (TPSA) is 192 Å². The Bertz CT molecular complexity index is 1470. The minimum absolute atomic E-state index is 0.0103. The molecule has 42 heavy (non-hydrogen) atoms. The van der Waals surface area contributed by atoms with Crippen LogP contribution in [-0.2, 0) is 14.3 Å². The van der Waals surface area contributed by atoms with Gasteiger partial charge in [-0.15, -0.1) is 0 Å². The summed E-state index contributed by atoms with van der Waals surface area (Å²) < 4.78 is 22.4. The SMILES string of the molecule is O=C(C=Cc1ccc(O)cc1)OC[C@H]1O[C@@H](Oc2cc(O)cc3c2C(=O)C[C@H](c2ccc(O)cc2)O3)[C@H](O)[C@@H](O)[C@@H]1O. The van der Waals surface area contributed by atoms with Gasteiger partial charge in [0.25, 0.3) is 0 Å². The van der Waals surface area contributed by atoms with E-state index in [0.717, 1.165) is 12.1 Å². The average Bonchev–Trinajstić information content (AvgIpc) is 2.96. The summed E-state index contributed by atoms with van der Waals surface area (Å²) in [5.41, 5.74) is 1.21. The predicted octanol–water partition coefficient (Wildman–Crippen LogP) is 1.95. The molecule has 0 bridgehead atoms. The maximum Gasteiger partial charge on any atom is 0.330 e. The quantitative estimate of drug-likeness (QED) is 0.176. The lowest BCUT2D eigenvalue weighted by atomic mass is 9.95. The number of phenols is 3. The number of aliphatic hydroxyl groups excluding tert-OH is 3. The number of benzene rings is 3. The van der Waals surface area contributed by atoms with Gasteiger partial charge in [-0.2, -0.15) is 0 Å². The van der Waals surface area contributed by atoms with E-state index < -0.39 is 55.2 Å². The van der Waals surface area contributed by atoms with E-state index in [0.29, 0.717) is 11.1 Å². The molecule has 6 N–H and O–H groups in total. The normalized spacial score (nSPS) is 25.5. The van der Waals surface area contributed by atoms with Crippen LogP contribution in [0.3, 0.4) is 0 Å². The van der Waals surface area contributed by atoms with E-state index in [4.69, 9.17) is 18.9 Å². The first-order valence-corrected chi connectivity index (χ1v) is 12.9. The Balaban J connectivity index is 1.29. The van der Waals surface area contributed by atoms with E-state index >= 15 is 0 Å². The third-order valence-electron chi connectivity index (χ3n) is 6.84. The second kappa shape index (κ2) is 12.1. The number of hydrogen-bond acceptors (Lipinski definition) is 12. The number of phenolic OH excluding ortho intramolecular Hbond substituents is 3. The minimum atomic E-state index is -1.77. The maximum atomic E-state index is 13.2. The number of carbonyl (C=O) groups excluding carboxylic acids is 2. The maximum absolute atomic E-state index is 13.2. The fourth-order valence-electron chi connectivity index (χ4n) is 4.62. The number of esters is 1. The van der Waals surface area contributed by atoms with E-state index in [2.05, 4.69) is 0 Å². The summed E-state index contributed by atoms with van der Waals surface area (Å²) in [5.74, 6) is -1.58. The first kappa shape index (κ1) is 28.9. The number of hydrogen-bond donors (Lipinski definition) is 6. The highest BCUT2D eigenvalue weighted by Gasteiger charge is 2.46. The summed E-state index contributed by atoms with van der Waals surface area (Å²) >= 11 is 0. The third kappa shape index (κ3) is 6.31. The van der Waals surface area contributed by atoms with Crippen LogP contribution in [0.15, 0.2) is 66.7 Å². The largest absolute Gasteiger partial charge is 0.508 e. The van der Waals surface area contributed by atoms with E-state index in [1.54, 1.807) is 24.3 Å². The van der Waals surface area contributed by atoms with Crippen molar-refractivity contribution < 1.29 is 59.2 Å². The van der Waals surface area contributed by atoms with Gasteiger partial charge in [0.2, 0.25) is 6.29 Å². The molecular weight excluding hydrogens is 552 g/mol. The standard InChI is InChI=1S/C30H28O12/c31-17-6-1-15(2-7-17)3-10-25(35)39-14-24-27(36)28(37)29(38)30(42-24)41-23-12-19(33)11-22-26(23)20(34)13-21(40-22)16-4-8-18(32)9-5-16/h1-12,21,24,27-33,36-38H,13-14H2/t21-,24-,27-,28+,29-,30-/m1/s1. The minimum Gasteiger partial charge on any atom is -0.508 e. The van der Waals surface area contributed by atoms with Crippen molar-refractivity contribution in [3.05, 3.63) is 83.4 Å². The number of ether oxygens (including phenoxy) is 4. The molecule has 3 aromatic rings. The third-order valence-corrected chi connectivity index (χ3v) is 6.84. The Morgan fingerprint density at radius 1 is 0.881 bits per heavy atom. The molecule has 2 heterocycles. The van der Waals surface area contributed by atoms with Gasteiger partial charge in [-0.3, -0.25) is 4.79 Å². The highest BCUT2D eigenvalue weighted by molar-refractivity contribution is 6.02. The van der Waals surface area contributed by atoms with E-state index in [9.17, 15) is 40.2 Å². The number of ketones is 1.